The third-order valence-corrected chi connectivity index (χ3v) is 4.80. The highest BCUT2D eigenvalue weighted by Crippen LogP contribution is 2.22. The molecular weight excluding hydrogens is 326 g/mol. The lowest BCUT2D eigenvalue weighted by atomic mass is 10.0. The minimum absolute atomic E-state index is 0.0480. The minimum Gasteiger partial charge on any atom is -0.378 e. The predicted octanol–water partition coefficient (Wildman–Crippen LogP) is 3.03. The molecule has 1 aliphatic rings. The summed E-state index contributed by atoms with van der Waals surface area (Å²) in [5, 5.41) is 0. The van der Waals surface area contributed by atoms with Gasteiger partial charge in [-0.15, -0.1) is 0 Å². The lowest BCUT2D eigenvalue weighted by Crippen LogP contribution is -2.41. The van der Waals surface area contributed by atoms with Crippen LogP contribution in [-0.2, 0) is 4.74 Å². The van der Waals surface area contributed by atoms with E-state index < -0.39 is 0 Å². The monoisotopic (exact) mass is 353 g/mol. The van der Waals surface area contributed by atoms with E-state index in [9.17, 15) is 4.79 Å². The van der Waals surface area contributed by atoms with E-state index in [-0.39, 0.29) is 12.0 Å². The van der Waals surface area contributed by atoms with Crippen LogP contribution in [0, 0.1) is 6.92 Å². The minimum atomic E-state index is 0.0480. The van der Waals surface area contributed by atoms with Crippen molar-refractivity contribution < 1.29 is 9.53 Å². The number of nitrogens with two attached hydrogens (primary N) is 1. The first-order valence-corrected chi connectivity index (χ1v) is 9.30. The van der Waals surface area contributed by atoms with Crippen LogP contribution in [0.3, 0.4) is 0 Å². The van der Waals surface area contributed by atoms with Gasteiger partial charge in [0.15, 0.2) is 0 Å². The Bertz CT molecular complexity index is 722. The van der Waals surface area contributed by atoms with Gasteiger partial charge >= 0.3 is 0 Å². The number of likely N-dealkylation sites (tertiary alicyclic amines) is 1. The molecule has 2 aromatic rings. The highest BCUT2D eigenvalue weighted by molar-refractivity contribution is 5.95. The SMILES string of the molecule is Cc1ccc(-c2cncc(C(=O)N3CCC(OCCCN)CC3)c2)cc1. The lowest BCUT2D eigenvalue weighted by Gasteiger charge is -2.32. The van der Waals surface area contributed by atoms with Gasteiger partial charge in [0.2, 0.25) is 0 Å². The quantitative estimate of drug-likeness (QED) is 0.811. The van der Waals surface area contributed by atoms with Gasteiger partial charge in [-0.3, -0.25) is 9.78 Å². The van der Waals surface area contributed by atoms with Gasteiger partial charge in [0.05, 0.1) is 11.7 Å². The van der Waals surface area contributed by atoms with Crippen LogP contribution in [0.2, 0.25) is 0 Å². The molecule has 5 heteroatoms. The number of nitrogens with zero attached hydrogens (tertiary/aromatic N) is 2. The van der Waals surface area contributed by atoms with Crippen molar-refractivity contribution in [1.29, 1.82) is 0 Å². The highest BCUT2D eigenvalue weighted by atomic mass is 16.5. The number of hydrogen-bond donors (Lipinski definition) is 1. The fraction of sp³-hybridized carbons (Fsp3) is 0.429. The smallest absolute Gasteiger partial charge is 0.255 e. The summed E-state index contributed by atoms with van der Waals surface area (Å²) >= 11 is 0. The molecule has 2 heterocycles. The summed E-state index contributed by atoms with van der Waals surface area (Å²) in [7, 11) is 0. The highest BCUT2D eigenvalue weighted by Gasteiger charge is 2.24. The predicted molar refractivity (Wildman–Crippen MR) is 103 cm³/mol. The van der Waals surface area contributed by atoms with Crippen molar-refractivity contribution in [3.8, 4) is 11.1 Å². The zero-order valence-electron chi connectivity index (χ0n) is 15.4. The topological polar surface area (TPSA) is 68.5 Å². The molecule has 0 bridgehead atoms. The van der Waals surface area contributed by atoms with E-state index in [4.69, 9.17) is 10.5 Å². The molecule has 1 aliphatic heterocycles. The largest absolute Gasteiger partial charge is 0.378 e. The molecule has 0 radical (unpaired) electrons. The van der Waals surface area contributed by atoms with Crippen molar-refractivity contribution in [2.75, 3.05) is 26.2 Å². The molecule has 5 nitrogen and oxygen atoms in total. The summed E-state index contributed by atoms with van der Waals surface area (Å²) in [5.74, 6) is 0.0480. The van der Waals surface area contributed by atoms with Crippen LogP contribution < -0.4 is 5.73 Å². The van der Waals surface area contributed by atoms with Crippen LogP contribution in [0.1, 0.15) is 35.2 Å². The number of amides is 1. The Morgan fingerprint density at radius 3 is 2.62 bits per heavy atom. The summed E-state index contributed by atoms with van der Waals surface area (Å²) in [6, 6.07) is 10.2. The molecule has 1 amide bonds. The van der Waals surface area contributed by atoms with Crippen LogP contribution >= 0.6 is 0 Å². The average Bonchev–Trinajstić information content (AvgIpc) is 2.69. The lowest BCUT2D eigenvalue weighted by molar-refractivity contribution is 0.00844. The standard InChI is InChI=1S/C21H27N3O2/c1-16-3-5-17(6-4-16)18-13-19(15-23-14-18)21(25)24-10-7-20(8-11-24)26-12-2-9-22/h3-6,13-15,20H,2,7-12,22H2,1H3. The number of pyridine rings is 1. The summed E-state index contributed by atoms with van der Waals surface area (Å²) < 4.78 is 5.81. The first-order chi connectivity index (χ1) is 12.7. The second-order valence-corrected chi connectivity index (χ2v) is 6.83. The Kier molecular flexibility index (Phi) is 6.36. The van der Waals surface area contributed by atoms with E-state index in [1.165, 1.54) is 5.56 Å². The van der Waals surface area contributed by atoms with Crippen molar-refractivity contribution in [2.24, 2.45) is 5.73 Å². The van der Waals surface area contributed by atoms with Gasteiger partial charge in [0.25, 0.3) is 5.91 Å². The maximum Gasteiger partial charge on any atom is 0.255 e. The number of hydrogen-bond acceptors (Lipinski definition) is 4. The molecule has 2 N–H and O–H groups in total. The molecule has 1 aromatic heterocycles. The summed E-state index contributed by atoms with van der Waals surface area (Å²) in [4.78, 5) is 19.0. The molecule has 3 rings (SSSR count). The summed E-state index contributed by atoms with van der Waals surface area (Å²) in [5.41, 5.74) is 9.39. The number of benzene rings is 1. The van der Waals surface area contributed by atoms with E-state index in [0.717, 1.165) is 43.5 Å². The van der Waals surface area contributed by atoms with Crippen molar-refractivity contribution in [3.05, 3.63) is 53.9 Å². The van der Waals surface area contributed by atoms with E-state index in [2.05, 4.69) is 36.2 Å². The number of carbonyl (C=O) groups is 1. The third kappa shape index (κ3) is 4.68. The van der Waals surface area contributed by atoms with E-state index in [1.807, 2.05) is 11.0 Å². The van der Waals surface area contributed by atoms with E-state index >= 15 is 0 Å². The molecule has 0 spiro atoms. The van der Waals surface area contributed by atoms with Crippen LogP contribution in [-0.4, -0.2) is 48.1 Å². The zero-order chi connectivity index (χ0) is 18.4. The molecule has 1 saturated heterocycles. The van der Waals surface area contributed by atoms with E-state index in [1.54, 1.807) is 12.4 Å². The molecule has 0 aliphatic carbocycles. The van der Waals surface area contributed by atoms with Crippen molar-refractivity contribution in [1.82, 2.24) is 9.88 Å². The fourth-order valence-electron chi connectivity index (χ4n) is 3.20. The Labute approximate surface area is 155 Å². The molecular formula is C21H27N3O2. The maximum absolute atomic E-state index is 12.8. The van der Waals surface area contributed by atoms with Crippen LogP contribution in [0.15, 0.2) is 42.7 Å². The molecule has 0 unspecified atom stereocenters. The molecule has 26 heavy (non-hydrogen) atoms. The fourth-order valence-corrected chi connectivity index (χ4v) is 3.20. The van der Waals surface area contributed by atoms with Crippen LogP contribution in [0.5, 0.6) is 0 Å². The Balaban J connectivity index is 1.62. The Morgan fingerprint density at radius 2 is 1.92 bits per heavy atom. The average molecular weight is 353 g/mol. The van der Waals surface area contributed by atoms with Gasteiger partial charge < -0.3 is 15.4 Å². The van der Waals surface area contributed by atoms with Gasteiger partial charge in [-0.25, -0.2) is 0 Å². The number of ether oxygens (including phenoxy) is 1. The van der Waals surface area contributed by atoms with Crippen LogP contribution in [0.25, 0.3) is 11.1 Å². The molecule has 138 valence electrons. The van der Waals surface area contributed by atoms with Gasteiger partial charge in [0, 0.05) is 37.7 Å². The maximum atomic E-state index is 12.8. The Morgan fingerprint density at radius 1 is 1.19 bits per heavy atom. The number of aryl methyl sites for hydroxylation is 1. The number of carbonyl (C=O) groups excluding carboxylic acids is 1. The number of piperidine rings is 1. The van der Waals surface area contributed by atoms with Gasteiger partial charge in [-0.05, 0) is 44.4 Å². The summed E-state index contributed by atoms with van der Waals surface area (Å²) in [6.07, 6.45) is 6.34. The second kappa shape index (κ2) is 8.92. The number of rotatable bonds is 6. The molecule has 1 fully saturated rings. The zero-order valence-corrected chi connectivity index (χ0v) is 15.4. The molecule has 0 atom stereocenters. The molecule has 1 aromatic carbocycles. The number of aromatic nitrogens is 1. The van der Waals surface area contributed by atoms with Crippen molar-refractivity contribution >= 4 is 5.91 Å². The van der Waals surface area contributed by atoms with Gasteiger partial charge in [-0.1, -0.05) is 29.8 Å². The second-order valence-electron chi connectivity index (χ2n) is 6.83. The normalized spacial score (nSPS) is 15.2. The van der Waals surface area contributed by atoms with Gasteiger partial charge in [-0.2, -0.15) is 0 Å². The van der Waals surface area contributed by atoms with Crippen LogP contribution in [0.4, 0.5) is 0 Å². The van der Waals surface area contributed by atoms with Crippen molar-refractivity contribution in [2.45, 2.75) is 32.3 Å². The first-order valence-electron chi connectivity index (χ1n) is 9.30. The molecule has 0 saturated carbocycles. The first kappa shape index (κ1) is 18.5. The van der Waals surface area contributed by atoms with E-state index in [0.29, 0.717) is 18.7 Å². The summed E-state index contributed by atoms with van der Waals surface area (Å²) in [6.45, 7) is 4.87. The Hall–Kier alpha value is -2.24. The van der Waals surface area contributed by atoms with Crippen molar-refractivity contribution in [3.63, 3.8) is 0 Å². The third-order valence-electron chi connectivity index (χ3n) is 4.80. The van der Waals surface area contributed by atoms with Gasteiger partial charge in [0.1, 0.15) is 0 Å².